The Labute approximate surface area is 359 Å². The van der Waals surface area contributed by atoms with E-state index in [-0.39, 0.29) is 51.7 Å². The van der Waals surface area contributed by atoms with E-state index in [0.717, 1.165) is 12.5 Å². The number of H-pyrrole nitrogens is 2. The molecule has 326 valence electrons. The zero-order chi connectivity index (χ0) is 44.3. The van der Waals surface area contributed by atoms with Crippen molar-refractivity contribution in [2.24, 2.45) is 5.92 Å². The number of rotatable bonds is 11. The van der Waals surface area contributed by atoms with E-state index in [1.165, 1.54) is 31.9 Å². The van der Waals surface area contributed by atoms with Crippen LogP contribution in [0, 0.1) is 5.92 Å². The van der Waals surface area contributed by atoms with Crippen molar-refractivity contribution in [1.82, 2.24) is 40.0 Å². The molecule has 2 saturated heterocycles. The molecule has 62 heavy (non-hydrogen) atoms. The Morgan fingerprint density at radius 2 is 1.73 bits per heavy atom. The van der Waals surface area contributed by atoms with Crippen molar-refractivity contribution in [2.45, 2.75) is 58.1 Å². The van der Waals surface area contributed by atoms with Crippen LogP contribution in [0.3, 0.4) is 0 Å². The Hall–Kier alpha value is -6.63. The summed E-state index contributed by atoms with van der Waals surface area (Å²) in [6, 6.07) is 10.9. The summed E-state index contributed by atoms with van der Waals surface area (Å²) in [6.07, 6.45) is 1.52. The van der Waals surface area contributed by atoms with Crippen LogP contribution in [0.15, 0.2) is 73.4 Å². The number of nitrogens with one attached hydrogen (secondary N) is 4. The van der Waals surface area contributed by atoms with Gasteiger partial charge >= 0.3 is 12.5 Å². The van der Waals surface area contributed by atoms with E-state index in [1.54, 1.807) is 52.4 Å². The number of nitrogens with zero attached hydrogens (tertiary/aromatic N) is 6. The lowest BCUT2D eigenvalue weighted by Crippen LogP contribution is -2.54. The maximum Gasteiger partial charge on any atom is 0.573 e. The summed E-state index contributed by atoms with van der Waals surface area (Å²) < 4.78 is 50.4. The van der Waals surface area contributed by atoms with Gasteiger partial charge in [0, 0.05) is 50.0 Å². The first-order valence-corrected chi connectivity index (χ1v) is 20.2. The van der Waals surface area contributed by atoms with Crippen LogP contribution in [-0.2, 0) is 9.53 Å². The Morgan fingerprint density at radius 3 is 2.37 bits per heavy atom. The Balaban J connectivity index is 1.04. The predicted octanol–water partition coefficient (Wildman–Crippen LogP) is 7.06. The molecular weight excluding hydrogens is 833 g/mol. The molecule has 0 unspecified atom stereocenters. The van der Waals surface area contributed by atoms with Gasteiger partial charge in [0.05, 0.1) is 53.8 Å². The number of hydrogen-bond acceptors (Lipinski definition) is 10. The quantitative estimate of drug-likeness (QED) is 0.107. The Kier molecular flexibility index (Phi) is 12.7. The molecular formula is C42H44ClF3N10O6. The Bertz CT molecular complexity index is 2410. The normalized spacial score (nSPS) is 17.2. The van der Waals surface area contributed by atoms with E-state index in [4.69, 9.17) is 16.3 Å². The van der Waals surface area contributed by atoms with Crippen LogP contribution in [0.4, 0.5) is 29.5 Å². The summed E-state index contributed by atoms with van der Waals surface area (Å²) >= 11 is 6.58. The van der Waals surface area contributed by atoms with Crippen molar-refractivity contribution >= 4 is 46.9 Å². The number of pyridine rings is 1. The molecule has 0 saturated carbocycles. The van der Waals surface area contributed by atoms with Crippen LogP contribution >= 0.6 is 11.6 Å². The minimum atomic E-state index is -5.06. The molecule has 16 nitrogen and oxygen atoms in total. The van der Waals surface area contributed by atoms with Gasteiger partial charge in [-0.3, -0.25) is 14.4 Å². The summed E-state index contributed by atoms with van der Waals surface area (Å²) in [6.45, 7) is 7.49. The van der Waals surface area contributed by atoms with Gasteiger partial charge in [-0.15, -0.1) is 13.2 Å². The fourth-order valence-electron chi connectivity index (χ4n) is 7.67. The molecule has 7 rings (SSSR count). The standard InChI is InChI=1S/C42H44ClF3N10O6/c1-23(2)36(53-41(60)61-4)40(59)56-13-5-6-33(56)37-49-20-31(51-37)26-9-7-25(8-10-26)28-16-29(43)30(17-34(28)62-42(44,45)46)52-38(57)27-11-12-35(48-18-27)55-15-14-54(21-24(55)3)39(58)32-19-47-22-50-32/h7-12,16-20,22-24,33,36H,5-6,13-15,21H2,1-4H3,(H,47,50)(H,49,51)(H,52,57)(H,53,60)/t24-,33+,36+/m1/s1. The molecule has 0 bridgehead atoms. The lowest BCUT2D eigenvalue weighted by atomic mass is 10.0. The molecule has 5 heterocycles. The number of piperazine rings is 1. The number of carbonyl (C=O) groups excluding carboxylic acids is 4. The van der Waals surface area contributed by atoms with E-state index in [1.807, 2.05) is 25.7 Å². The lowest BCUT2D eigenvalue weighted by Gasteiger charge is -2.40. The van der Waals surface area contributed by atoms with Gasteiger partial charge in [0.25, 0.3) is 11.8 Å². The summed E-state index contributed by atoms with van der Waals surface area (Å²) in [5.41, 5.74) is 2.07. The molecule has 5 aromatic rings. The smallest absolute Gasteiger partial charge is 0.453 e. The number of alkyl carbamates (subject to hydrolysis) is 1. The van der Waals surface area contributed by atoms with Gasteiger partial charge in [-0.1, -0.05) is 49.7 Å². The van der Waals surface area contributed by atoms with Gasteiger partial charge in [-0.05, 0) is 55.0 Å². The number of aromatic nitrogens is 5. The van der Waals surface area contributed by atoms with E-state index in [2.05, 4.69) is 40.3 Å². The van der Waals surface area contributed by atoms with Crippen LogP contribution in [0.1, 0.15) is 66.3 Å². The second-order valence-electron chi connectivity index (χ2n) is 15.3. The molecule has 2 fully saturated rings. The van der Waals surface area contributed by atoms with Crippen molar-refractivity contribution < 1.29 is 41.8 Å². The van der Waals surface area contributed by atoms with Gasteiger partial charge < -0.3 is 44.8 Å². The van der Waals surface area contributed by atoms with Crippen LogP contribution in [-0.4, -0.2) is 110 Å². The maximum absolute atomic E-state index is 13.8. The van der Waals surface area contributed by atoms with Gasteiger partial charge in [-0.2, -0.15) is 0 Å². The number of alkyl halides is 3. The molecule has 0 aliphatic carbocycles. The second-order valence-corrected chi connectivity index (χ2v) is 15.7. The fraction of sp³-hybridized carbons (Fsp3) is 0.357. The number of hydrogen-bond donors (Lipinski definition) is 4. The average Bonchev–Trinajstić information content (AvgIpc) is 4.06. The minimum absolute atomic E-state index is 0.0223. The summed E-state index contributed by atoms with van der Waals surface area (Å²) in [7, 11) is 1.23. The van der Waals surface area contributed by atoms with E-state index in [9.17, 15) is 32.3 Å². The molecule has 20 heteroatoms. The molecule has 0 spiro atoms. The SMILES string of the molecule is COC(=O)N[C@H](C(=O)N1CCC[C@H]1c1ncc(-c2ccc(-c3cc(Cl)c(NC(=O)c4ccc(N5CCN(C(=O)c6cnc[nH]6)C[C@H]5C)nc4)cc3OC(F)(F)F)cc2)[nH]1)C(C)C. The van der Waals surface area contributed by atoms with Crippen molar-refractivity contribution in [3.05, 3.63) is 95.6 Å². The highest BCUT2D eigenvalue weighted by molar-refractivity contribution is 6.34. The number of ether oxygens (including phenoxy) is 2. The number of likely N-dealkylation sites (tertiary alicyclic amines) is 1. The third-order valence-electron chi connectivity index (χ3n) is 10.8. The minimum Gasteiger partial charge on any atom is -0.453 e. The van der Waals surface area contributed by atoms with Crippen molar-refractivity contribution in [1.29, 1.82) is 0 Å². The van der Waals surface area contributed by atoms with Crippen LogP contribution in [0.5, 0.6) is 5.75 Å². The van der Waals surface area contributed by atoms with Crippen LogP contribution < -0.4 is 20.3 Å². The molecule has 0 radical (unpaired) electrons. The number of carbonyl (C=O) groups is 4. The maximum atomic E-state index is 13.8. The molecule has 3 atom stereocenters. The van der Waals surface area contributed by atoms with Crippen molar-refractivity contribution in [2.75, 3.05) is 43.5 Å². The highest BCUT2D eigenvalue weighted by Crippen LogP contribution is 2.41. The van der Waals surface area contributed by atoms with Gasteiger partial charge in [0.2, 0.25) is 5.91 Å². The largest absolute Gasteiger partial charge is 0.573 e. The number of aromatic amines is 2. The monoisotopic (exact) mass is 876 g/mol. The average molecular weight is 877 g/mol. The molecule has 2 aliphatic rings. The fourth-order valence-corrected chi connectivity index (χ4v) is 7.88. The third kappa shape index (κ3) is 9.62. The third-order valence-corrected chi connectivity index (χ3v) is 11.1. The summed E-state index contributed by atoms with van der Waals surface area (Å²) in [5, 5.41) is 5.16. The van der Waals surface area contributed by atoms with Gasteiger partial charge in [0.15, 0.2) is 0 Å². The van der Waals surface area contributed by atoms with E-state index >= 15 is 0 Å². The highest BCUT2D eigenvalue weighted by Gasteiger charge is 2.38. The lowest BCUT2D eigenvalue weighted by molar-refractivity contribution is -0.274. The molecule has 2 aromatic carbocycles. The number of halogens is 4. The number of amides is 4. The zero-order valence-corrected chi connectivity index (χ0v) is 34.9. The van der Waals surface area contributed by atoms with Crippen LogP contribution in [0.2, 0.25) is 5.02 Å². The van der Waals surface area contributed by atoms with Crippen molar-refractivity contribution in [3.63, 3.8) is 0 Å². The molecule has 4 amide bonds. The zero-order valence-electron chi connectivity index (χ0n) is 34.1. The predicted molar refractivity (Wildman–Crippen MR) is 222 cm³/mol. The number of anilines is 2. The van der Waals surface area contributed by atoms with E-state index in [0.29, 0.717) is 66.8 Å². The first-order valence-electron chi connectivity index (χ1n) is 19.8. The summed E-state index contributed by atoms with van der Waals surface area (Å²) in [4.78, 5) is 76.1. The first-order chi connectivity index (χ1) is 29.6. The second kappa shape index (κ2) is 18.2. The Morgan fingerprint density at radius 1 is 0.968 bits per heavy atom. The van der Waals surface area contributed by atoms with E-state index < -0.39 is 30.2 Å². The topological polar surface area (TPSA) is 191 Å². The highest BCUT2D eigenvalue weighted by atomic mass is 35.5. The first kappa shape index (κ1) is 43.5. The number of imidazole rings is 2. The summed E-state index contributed by atoms with van der Waals surface area (Å²) in [5.74, 6) is -0.707. The van der Waals surface area contributed by atoms with Crippen LogP contribution in [0.25, 0.3) is 22.4 Å². The number of methoxy groups -OCH3 is 1. The van der Waals surface area contributed by atoms with Gasteiger partial charge in [-0.25, -0.2) is 19.7 Å². The molecule has 2 aliphatic heterocycles. The van der Waals surface area contributed by atoms with Crippen molar-refractivity contribution in [3.8, 4) is 28.1 Å². The molecule has 4 N–H and O–H groups in total. The van der Waals surface area contributed by atoms with Gasteiger partial charge in [0.1, 0.15) is 29.1 Å². The number of benzene rings is 2. The molecule has 3 aromatic heterocycles.